The maximum atomic E-state index is 12.6. The normalized spacial score (nSPS) is 13.5. The van der Waals surface area contributed by atoms with Crippen LogP contribution in [-0.2, 0) is 20.9 Å². The van der Waals surface area contributed by atoms with Crippen molar-refractivity contribution < 1.29 is 23.9 Å². The SMILES string of the molecule is CCOC(=O)c1c(NC(=O)C2CCC2)sc(C(=O)OCc2ccccc2)c1C. The average molecular weight is 401 g/mol. The van der Waals surface area contributed by atoms with Crippen molar-refractivity contribution in [1.29, 1.82) is 0 Å². The highest BCUT2D eigenvalue weighted by atomic mass is 32.1. The maximum absolute atomic E-state index is 12.6. The minimum atomic E-state index is -0.553. The molecule has 1 aliphatic carbocycles. The summed E-state index contributed by atoms with van der Waals surface area (Å²) in [6.07, 6.45) is 2.72. The number of ether oxygens (including phenoxy) is 2. The first kappa shape index (κ1) is 20.1. The molecule has 0 spiro atoms. The summed E-state index contributed by atoms with van der Waals surface area (Å²) >= 11 is 1.06. The number of amides is 1. The van der Waals surface area contributed by atoms with Crippen molar-refractivity contribution in [2.24, 2.45) is 5.92 Å². The second-order valence-corrected chi connectivity index (χ2v) is 7.68. The van der Waals surface area contributed by atoms with Gasteiger partial charge < -0.3 is 14.8 Å². The predicted molar refractivity (Wildman–Crippen MR) is 107 cm³/mol. The van der Waals surface area contributed by atoms with E-state index in [1.54, 1.807) is 13.8 Å². The lowest BCUT2D eigenvalue weighted by Gasteiger charge is -2.23. The van der Waals surface area contributed by atoms with E-state index in [0.29, 0.717) is 15.4 Å². The molecule has 2 aromatic rings. The molecule has 0 radical (unpaired) electrons. The van der Waals surface area contributed by atoms with E-state index in [1.807, 2.05) is 30.3 Å². The molecule has 1 amide bonds. The van der Waals surface area contributed by atoms with Crippen LogP contribution in [0.1, 0.15) is 57.3 Å². The molecule has 1 N–H and O–H groups in total. The van der Waals surface area contributed by atoms with Gasteiger partial charge in [-0.2, -0.15) is 0 Å². The van der Waals surface area contributed by atoms with Crippen LogP contribution < -0.4 is 5.32 Å². The Morgan fingerprint density at radius 1 is 1.11 bits per heavy atom. The topological polar surface area (TPSA) is 81.7 Å². The van der Waals surface area contributed by atoms with Crippen LogP contribution in [0.2, 0.25) is 0 Å². The van der Waals surface area contributed by atoms with Gasteiger partial charge in [-0.05, 0) is 37.8 Å². The van der Waals surface area contributed by atoms with Crippen LogP contribution in [-0.4, -0.2) is 24.5 Å². The largest absolute Gasteiger partial charge is 0.462 e. The molecule has 1 aromatic heterocycles. The third kappa shape index (κ3) is 4.42. The molecule has 6 nitrogen and oxygen atoms in total. The van der Waals surface area contributed by atoms with E-state index in [4.69, 9.17) is 9.47 Å². The summed E-state index contributed by atoms with van der Waals surface area (Å²) in [5, 5.41) is 3.16. The molecular formula is C21H23NO5S. The third-order valence-electron chi connectivity index (χ3n) is 4.74. The summed E-state index contributed by atoms with van der Waals surface area (Å²) in [5.41, 5.74) is 1.56. The van der Waals surface area contributed by atoms with Crippen molar-refractivity contribution >= 4 is 34.2 Å². The summed E-state index contributed by atoms with van der Waals surface area (Å²) in [4.78, 5) is 37.7. The second-order valence-electron chi connectivity index (χ2n) is 6.66. The Morgan fingerprint density at radius 3 is 2.43 bits per heavy atom. The van der Waals surface area contributed by atoms with Crippen molar-refractivity contribution in [2.45, 2.75) is 39.7 Å². The lowest BCUT2D eigenvalue weighted by molar-refractivity contribution is -0.122. The first-order chi connectivity index (χ1) is 13.5. The van der Waals surface area contributed by atoms with Crippen LogP contribution in [0.25, 0.3) is 0 Å². The zero-order valence-electron chi connectivity index (χ0n) is 15.9. The fraction of sp³-hybridized carbons (Fsp3) is 0.381. The Bertz CT molecular complexity index is 870. The first-order valence-electron chi connectivity index (χ1n) is 9.33. The van der Waals surface area contributed by atoms with Crippen molar-refractivity contribution in [3.8, 4) is 0 Å². The molecule has 1 aromatic carbocycles. The number of carbonyl (C=O) groups is 3. The molecule has 0 aliphatic heterocycles. The number of nitrogens with one attached hydrogen (secondary N) is 1. The van der Waals surface area contributed by atoms with Crippen molar-refractivity contribution in [1.82, 2.24) is 0 Å². The molecule has 1 saturated carbocycles. The Labute approximate surface area is 167 Å². The van der Waals surface area contributed by atoms with Crippen LogP contribution in [0.4, 0.5) is 5.00 Å². The van der Waals surface area contributed by atoms with Crippen LogP contribution in [0.5, 0.6) is 0 Å². The molecule has 1 fully saturated rings. The zero-order chi connectivity index (χ0) is 20.1. The number of hydrogen-bond donors (Lipinski definition) is 1. The predicted octanol–water partition coefficient (Wildman–Crippen LogP) is 4.33. The number of esters is 2. The highest BCUT2D eigenvalue weighted by molar-refractivity contribution is 7.18. The lowest BCUT2D eigenvalue weighted by Crippen LogP contribution is -2.28. The van der Waals surface area contributed by atoms with E-state index in [-0.39, 0.29) is 30.6 Å². The van der Waals surface area contributed by atoms with E-state index in [2.05, 4.69) is 5.32 Å². The molecule has 0 bridgehead atoms. The first-order valence-corrected chi connectivity index (χ1v) is 10.1. The Balaban J connectivity index is 1.81. The summed E-state index contributed by atoms with van der Waals surface area (Å²) < 4.78 is 10.5. The smallest absolute Gasteiger partial charge is 0.349 e. The molecule has 1 heterocycles. The van der Waals surface area contributed by atoms with E-state index in [1.165, 1.54) is 0 Å². The van der Waals surface area contributed by atoms with E-state index >= 15 is 0 Å². The van der Waals surface area contributed by atoms with Gasteiger partial charge in [-0.15, -0.1) is 11.3 Å². The van der Waals surface area contributed by atoms with Gasteiger partial charge in [0.05, 0.1) is 12.2 Å². The van der Waals surface area contributed by atoms with E-state index < -0.39 is 11.9 Å². The number of thiophene rings is 1. The van der Waals surface area contributed by atoms with Crippen molar-refractivity contribution in [3.63, 3.8) is 0 Å². The van der Waals surface area contributed by atoms with Gasteiger partial charge in [-0.1, -0.05) is 36.8 Å². The molecule has 0 unspecified atom stereocenters. The molecule has 7 heteroatoms. The van der Waals surface area contributed by atoms with Gasteiger partial charge in [-0.3, -0.25) is 4.79 Å². The van der Waals surface area contributed by atoms with Crippen LogP contribution in [0.15, 0.2) is 30.3 Å². The van der Waals surface area contributed by atoms with Gasteiger partial charge in [0, 0.05) is 5.92 Å². The van der Waals surface area contributed by atoms with Gasteiger partial charge in [0.1, 0.15) is 16.5 Å². The van der Waals surface area contributed by atoms with Gasteiger partial charge in [0.25, 0.3) is 0 Å². The van der Waals surface area contributed by atoms with Crippen LogP contribution in [0.3, 0.4) is 0 Å². The molecule has 0 atom stereocenters. The van der Waals surface area contributed by atoms with Gasteiger partial charge in [0.2, 0.25) is 5.91 Å². The monoisotopic (exact) mass is 401 g/mol. The second kappa shape index (κ2) is 9.01. The van der Waals surface area contributed by atoms with Crippen molar-refractivity contribution in [3.05, 3.63) is 51.9 Å². The zero-order valence-corrected chi connectivity index (χ0v) is 16.8. The van der Waals surface area contributed by atoms with E-state index in [0.717, 1.165) is 36.2 Å². The number of benzene rings is 1. The summed E-state index contributed by atoms with van der Waals surface area (Å²) in [6.45, 7) is 3.72. The number of rotatable bonds is 7. The standard InChI is InChI=1S/C21H23NO5S/c1-3-26-20(24)16-13(2)17(21(25)27-12-14-8-5-4-6-9-14)28-19(16)22-18(23)15-10-7-11-15/h4-6,8-9,15H,3,7,10-12H2,1-2H3,(H,22,23). The minimum absolute atomic E-state index is 0.0362. The fourth-order valence-corrected chi connectivity index (χ4v) is 4.01. The van der Waals surface area contributed by atoms with Crippen LogP contribution >= 0.6 is 11.3 Å². The molecule has 28 heavy (non-hydrogen) atoms. The molecule has 0 saturated heterocycles. The molecule has 1 aliphatic rings. The average Bonchev–Trinajstić information content (AvgIpc) is 2.95. The Hall–Kier alpha value is -2.67. The Kier molecular flexibility index (Phi) is 6.46. The number of anilines is 1. The maximum Gasteiger partial charge on any atom is 0.349 e. The highest BCUT2D eigenvalue weighted by Gasteiger charge is 2.30. The third-order valence-corrected chi connectivity index (χ3v) is 5.92. The molecular weight excluding hydrogens is 378 g/mol. The molecule has 148 valence electrons. The lowest BCUT2D eigenvalue weighted by atomic mass is 9.85. The van der Waals surface area contributed by atoms with Gasteiger partial charge >= 0.3 is 11.9 Å². The fourth-order valence-electron chi connectivity index (χ4n) is 2.92. The Morgan fingerprint density at radius 2 is 1.82 bits per heavy atom. The minimum Gasteiger partial charge on any atom is -0.462 e. The number of hydrogen-bond acceptors (Lipinski definition) is 6. The number of carbonyl (C=O) groups excluding carboxylic acids is 3. The molecule has 3 rings (SSSR count). The summed E-state index contributed by atoms with van der Waals surface area (Å²) in [5.74, 6) is -1.24. The van der Waals surface area contributed by atoms with E-state index in [9.17, 15) is 14.4 Å². The summed E-state index contributed by atoms with van der Waals surface area (Å²) in [7, 11) is 0. The van der Waals surface area contributed by atoms with Crippen molar-refractivity contribution in [2.75, 3.05) is 11.9 Å². The van der Waals surface area contributed by atoms with Gasteiger partial charge in [0.15, 0.2) is 0 Å². The van der Waals surface area contributed by atoms with Gasteiger partial charge in [-0.25, -0.2) is 9.59 Å². The highest BCUT2D eigenvalue weighted by Crippen LogP contribution is 2.36. The van der Waals surface area contributed by atoms with Crippen LogP contribution in [0, 0.1) is 12.8 Å². The summed E-state index contributed by atoms with van der Waals surface area (Å²) in [6, 6.07) is 9.35. The quantitative estimate of drug-likeness (QED) is 0.699.